The predicted octanol–water partition coefficient (Wildman–Crippen LogP) is 11.8. The van der Waals surface area contributed by atoms with Crippen LogP contribution in [0.3, 0.4) is 0 Å². The molecule has 93 heavy (non-hydrogen) atoms. The van der Waals surface area contributed by atoms with Crippen LogP contribution in [0.4, 0.5) is 48.3 Å². The Morgan fingerprint density at radius 2 is 0.978 bits per heavy atom. The fourth-order valence-electron chi connectivity index (χ4n) is 20.2. The van der Waals surface area contributed by atoms with E-state index in [1.165, 1.54) is 13.3 Å². The van der Waals surface area contributed by atoms with Crippen molar-refractivity contribution in [3.8, 4) is 0 Å². The van der Waals surface area contributed by atoms with Crippen LogP contribution in [0.25, 0.3) is 0 Å². The number of carbonyl (C=O) groups excluding carboxylic acids is 8. The highest BCUT2D eigenvalue weighted by molar-refractivity contribution is 5.88. The van der Waals surface area contributed by atoms with Crippen molar-refractivity contribution >= 4 is 47.8 Å². The van der Waals surface area contributed by atoms with Crippen molar-refractivity contribution in [1.82, 2.24) is 0 Å². The lowest BCUT2D eigenvalue weighted by Gasteiger charge is -2.60. The molecule has 0 aromatic heterocycles. The molecule has 2 saturated heterocycles. The minimum atomic E-state index is -5.71. The van der Waals surface area contributed by atoms with E-state index >= 15 is 0 Å². The molecule has 12 bridgehead atoms. The van der Waals surface area contributed by atoms with E-state index in [-0.39, 0.29) is 36.5 Å². The van der Waals surface area contributed by atoms with Crippen molar-refractivity contribution < 1.29 is 129 Å². The first-order chi connectivity index (χ1) is 43.3. The highest BCUT2D eigenvalue weighted by atomic mass is 19.4. The van der Waals surface area contributed by atoms with Crippen LogP contribution < -0.4 is 0 Å². The first-order valence-electron chi connectivity index (χ1n) is 33.3. The van der Waals surface area contributed by atoms with Crippen LogP contribution in [0.2, 0.25) is 0 Å². The highest BCUT2D eigenvalue weighted by Gasteiger charge is 2.74. The summed E-state index contributed by atoms with van der Waals surface area (Å²) in [5.41, 5.74) is -2.26. The molecule has 0 radical (unpaired) electrons. The van der Waals surface area contributed by atoms with Gasteiger partial charge in [0.2, 0.25) is 0 Å². The van der Waals surface area contributed by atoms with Gasteiger partial charge in [0, 0.05) is 50.9 Å². The third kappa shape index (κ3) is 12.3. The minimum absolute atomic E-state index is 0.0948. The zero-order valence-corrected chi connectivity index (χ0v) is 52.8. The quantitative estimate of drug-likeness (QED) is 0.0508. The van der Waals surface area contributed by atoms with Gasteiger partial charge in [-0.2, -0.15) is 39.5 Å². The second kappa shape index (κ2) is 24.5. The smallest absolute Gasteiger partial charge is 0.461 e. The summed E-state index contributed by atoms with van der Waals surface area (Å²) in [4.78, 5) is 101. The fourth-order valence-corrected chi connectivity index (χ4v) is 20.2. The largest absolute Gasteiger partial charge is 0.468 e. The number of alkyl halides is 11. The van der Waals surface area contributed by atoms with Gasteiger partial charge in [-0.25, -0.2) is 23.2 Å². The molecule has 522 valence electrons. The molecule has 15 aliphatic rings. The SMILES string of the molecule is CCC1(OC(=O)C2C3CC4C(OC(=O)C42)C3OC(=O)C(C)(F)F)C2CC3CC(C2)CC1C3.CCC1(OC(=O)C2C3CC4C(OC(=O)C42)C3OC(=O)C(C)(F)F)CCCCC1.CCOC(=O)C(OCCC(F)(F)C(C)(F)F)(OC(=O)C12CC3CC(CC(C3)C1)C2)C(F)(F)F. The number of fused-ring (bicyclic) bond motifs is 2. The van der Waals surface area contributed by atoms with E-state index in [1.54, 1.807) is 0 Å². The second-order valence-corrected chi connectivity index (χ2v) is 29.7. The van der Waals surface area contributed by atoms with E-state index in [4.69, 9.17) is 33.2 Å². The lowest BCUT2D eigenvalue weighted by molar-refractivity contribution is -0.361. The fraction of sp³-hybridized carbons (Fsp3) is 0.877. The number of rotatable bonds is 19. The Bertz CT molecular complexity index is 2850. The summed E-state index contributed by atoms with van der Waals surface area (Å²) in [6.07, 6.45) is 5.03. The van der Waals surface area contributed by atoms with Gasteiger partial charge < -0.3 is 42.6 Å². The average molecular weight is 1350 g/mol. The standard InChI is InChI=1S/C24H30F2O6.C21H27F7O5.C20H26F2O6/c1-3-24(12-5-10-4-11(7-12)8-13(24)6-10)32-21(28)17-15-9-14-16(17)20(27)30-18(14)19(15)31-22(29)23(2,25)26;1-3-31-16(30)20(21(26,27)28,32-5-4-19(24,25)17(2,22)23)33-15(29)18-9-12-6-13(10-18)8-14(7-12)11-18;1-3-20(7-5-4-6-8-20)28-17(24)13-11-9-10-12(13)16(23)26-14(10)15(11)27-18(25)19(2,21)22/h10-19H,3-9H2,1-2H3;12-14H,3-11H2,1-2H3;10-15H,3-9H2,1-2H3. The Balaban J connectivity index is 0.000000143. The van der Waals surface area contributed by atoms with Gasteiger partial charge in [-0.3, -0.25) is 24.0 Å². The van der Waals surface area contributed by atoms with E-state index in [0.717, 1.165) is 95.3 Å². The van der Waals surface area contributed by atoms with Gasteiger partial charge in [0.15, 0.2) is 0 Å². The van der Waals surface area contributed by atoms with Crippen LogP contribution in [-0.2, 0) is 81.0 Å². The molecular formula is C65H83F11O17. The first-order valence-corrected chi connectivity index (χ1v) is 33.3. The van der Waals surface area contributed by atoms with Crippen LogP contribution in [0.1, 0.15) is 176 Å². The third-order valence-electron chi connectivity index (χ3n) is 23.9. The van der Waals surface area contributed by atoms with E-state index < -0.39 is 180 Å². The molecular weight excluding hydrogens is 1260 g/mol. The molecule has 13 unspecified atom stereocenters. The van der Waals surface area contributed by atoms with Gasteiger partial charge in [-0.1, -0.05) is 20.3 Å². The topological polar surface area (TPSA) is 220 Å². The Morgan fingerprint density at radius 1 is 0.538 bits per heavy atom. The molecule has 0 amide bonds. The van der Waals surface area contributed by atoms with Crippen molar-refractivity contribution in [3.63, 3.8) is 0 Å². The van der Waals surface area contributed by atoms with E-state index in [2.05, 4.69) is 16.4 Å². The van der Waals surface area contributed by atoms with Crippen molar-refractivity contribution in [3.05, 3.63) is 0 Å². The molecule has 28 heteroatoms. The number of carbonyl (C=O) groups is 8. The van der Waals surface area contributed by atoms with Crippen molar-refractivity contribution in [2.45, 2.75) is 248 Å². The molecule has 13 aliphatic carbocycles. The van der Waals surface area contributed by atoms with Gasteiger partial charge in [0.1, 0.15) is 35.6 Å². The highest BCUT2D eigenvalue weighted by Crippen LogP contribution is 2.65. The molecule has 13 saturated carbocycles. The zero-order chi connectivity index (χ0) is 67.7. The van der Waals surface area contributed by atoms with Crippen LogP contribution in [0, 0.1) is 94.2 Å². The lowest BCUT2D eigenvalue weighted by Crippen LogP contribution is -2.61. The van der Waals surface area contributed by atoms with Crippen LogP contribution in [0.5, 0.6) is 0 Å². The number of ether oxygens (including phenoxy) is 9. The summed E-state index contributed by atoms with van der Waals surface area (Å²) < 4.78 is 196. The van der Waals surface area contributed by atoms with Gasteiger partial charge >= 0.3 is 83.4 Å². The second-order valence-electron chi connectivity index (χ2n) is 29.7. The number of hydrogen-bond donors (Lipinski definition) is 0. The number of esters is 8. The van der Waals surface area contributed by atoms with E-state index in [1.807, 2.05) is 6.92 Å². The average Bonchev–Trinajstić information content (AvgIpc) is 1.65. The molecule has 2 aliphatic heterocycles. The van der Waals surface area contributed by atoms with Crippen LogP contribution >= 0.6 is 0 Å². The molecule has 15 rings (SSSR count). The monoisotopic (exact) mass is 1340 g/mol. The summed E-state index contributed by atoms with van der Waals surface area (Å²) >= 11 is 0. The Morgan fingerprint density at radius 3 is 1.38 bits per heavy atom. The van der Waals surface area contributed by atoms with Gasteiger partial charge in [0.25, 0.3) is 0 Å². The lowest BCUT2D eigenvalue weighted by atomic mass is 9.49. The maximum absolute atomic E-state index is 14.1. The molecule has 17 nitrogen and oxygen atoms in total. The third-order valence-corrected chi connectivity index (χ3v) is 23.9. The molecule has 0 aromatic carbocycles. The van der Waals surface area contributed by atoms with Gasteiger partial charge in [-0.15, -0.1) is 0 Å². The van der Waals surface area contributed by atoms with Crippen LogP contribution in [0.15, 0.2) is 0 Å². The van der Waals surface area contributed by atoms with Crippen molar-refractivity contribution in [2.24, 2.45) is 94.2 Å². The van der Waals surface area contributed by atoms with Gasteiger partial charge in [0.05, 0.1) is 42.3 Å². The Labute approximate surface area is 530 Å². The van der Waals surface area contributed by atoms with E-state index in [9.17, 15) is 86.7 Å². The minimum Gasteiger partial charge on any atom is -0.461 e. The maximum atomic E-state index is 14.1. The summed E-state index contributed by atoms with van der Waals surface area (Å²) in [5.74, 6) is -31.5. The molecule has 13 atom stereocenters. The van der Waals surface area contributed by atoms with Crippen molar-refractivity contribution in [1.29, 1.82) is 0 Å². The molecule has 15 fully saturated rings. The number of hydrogen-bond acceptors (Lipinski definition) is 17. The Kier molecular flexibility index (Phi) is 18.3. The molecule has 0 spiro atoms. The first kappa shape index (κ1) is 69.3. The molecule has 0 aromatic rings. The maximum Gasteiger partial charge on any atom is 0.468 e. The normalized spacial score (nSPS) is 39.8. The Hall–Kier alpha value is -5.05. The summed E-state index contributed by atoms with van der Waals surface area (Å²) in [5, 5.41) is 0. The zero-order valence-electron chi connectivity index (χ0n) is 52.8. The van der Waals surface area contributed by atoms with E-state index in [0.29, 0.717) is 64.2 Å². The van der Waals surface area contributed by atoms with Crippen molar-refractivity contribution in [2.75, 3.05) is 13.2 Å². The summed E-state index contributed by atoms with van der Waals surface area (Å²) in [6, 6.07) is 0. The molecule has 0 N–H and O–H groups in total. The van der Waals surface area contributed by atoms with Gasteiger partial charge in [-0.05, 0) is 170 Å². The predicted molar refractivity (Wildman–Crippen MR) is 295 cm³/mol. The number of halogens is 11. The van der Waals surface area contributed by atoms with Crippen LogP contribution in [-0.4, -0.2) is 132 Å². The summed E-state index contributed by atoms with van der Waals surface area (Å²) in [6.45, 7) is 3.90. The molecule has 2 heterocycles. The summed E-state index contributed by atoms with van der Waals surface area (Å²) in [7, 11) is 0.